The molecule has 0 fully saturated rings. The van der Waals surface area contributed by atoms with Crippen LogP contribution in [0.1, 0.15) is 12.8 Å². The van der Waals surface area contributed by atoms with Crippen molar-refractivity contribution in [2.24, 2.45) is 5.73 Å². The topological polar surface area (TPSA) is 74.0 Å². The van der Waals surface area contributed by atoms with Crippen LogP contribution in [0.5, 0.6) is 17.2 Å². The highest BCUT2D eigenvalue weighted by Crippen LogP contribution is 2.35. The van der Waals surface area contributed by atoms with E-state index >= 15 is 0 Å². The molecule has 1 aliphatic heterocycles. The predicted octanol–water partition coefficient (Wildman–Crippen LogP) is 0.991. The van der Waals surface area contributed by atoms with Gasteiger partial charge in [0.05, 0.1) is 13.0 Å². The Bertz CT molecular complexity index is 464. The van der Waals surface area contributed by atoms with Gasteiger partial charge in [-0.15, -0.1) is 0 Å². The Labute approximate surface area is 118 Å². The minimum Gasteiger partial charge on any atom is -0.493 e. The summed E-state index contributed by atoms with van der Waals surface area (Å²) in [5, 5.41) is 0. The lowest BCUT2D eigenvalue weighted by Gasteiger charge is -2.16. The highest BCUT2D eigenvalue weighted by molar-refractivity contribution is 5.75. The van der Waals surface area contributed by atoms with Gasteiger partial charge in [0.1, 0.15) is 5.75 Å². The van der Waals surface area contributed by atoms with Gasteiger partial charge < -0.3 is 24.8 Å². The fourth-order valence-corrected chi connectivity index (χ4v) is 1.87. The van der Waals surface area contributed by atoms with E-state index in [4.69, 9.17) is 19.9 Å². The number of rotatable bonds is 7. The average Bonchev–Trinajstić information content (AvgIpc) is 2.92. The first-order valence-electron chi connectivity index (χ1n) is 6.67. The van der Waals surface area contributed by atoms with Crippen LogP contribution in [0.25, 0.3) is 0 Å². The van der Waals surface area contributed by atoms with Crippen LogP contribution in [0.4, 0.5) is 0 Å². The molecular formula is C14H20N2O4. The van der Waals surface area contributed by atoms with E-state index in [1.807, 2.05) is 0 Å². The van der Waals surface area contributed by atoms with E-state index in [2.05, 4.69) is 0 Å². The van der Waals surface area contributed by atoms with Crippen LogP contribution in [0, 0.1) is 0 Å². The maximum absolute atomic E-state index is 11.8. The molecular weight excluding hydrogens is 260 g/mol. The van der Waals surface area contributed by atoms with Crippen molar-refractivity contribution in [2.75, 3.05) is 33.5 Å². The molecule has 1 aliphatic rings. The number of benzene rings is 1. The van der Waals surface area contributed by atoms with Crippen LogP contribution in [0.15, 0.2) is 18.2 Å². The lowest BCUT2D eigenvalue weighted by molar-refractivity contribution is -0.130. The number of carbonyl (C=O) groups excluding carboxylic acids is 1. The monoisotopic (exact) mass is 280 g/mol. The fraction of sp³-hybridized carbons (Fsp3) is 0.500. The van der Waals surface area contributed by atoms with Crippen molar-refractivity contribution in [1.82, 2.24) is 4.90 Å². The predicted molar refractivity (Wildman–Crippen MR) is 74.0 cm³/mol. The molecule has 2 rings (SSSR count). The number of carbonyl (C=O) groups is 1. The van der Waals surface area contributed by atoms with Crippen LogP contribution in [-0.2, 0) is 4.79 Å². The number of fused-ring (bicyclic) bond motifs is 1. The summed E-state index contributed by atoms with van der Waals surface area (Å²) < 4.78 is 16.0. The van der Waals surface area contributed by atoms with Gasteiger partial charge >= 0.3 is 0 Å². The second-order valence-corrected chi connectivity index (χ2v) is 4.57. The third-order valence-corrected chi connectivity index (χ3v) is 3.05. The Hall–Kier alpha value is -1.95. The van der Waals surface area contributed by atoms with Crippen molar-refractivity contribution < 1.29 is 19.0 Å². The standard InChI is InChI=1S/C14H20N2O4/c1-16(7-2-6-15)14(17)5-8-18-11-3-4-12-13(9-11)20-10-19-12/h3-4,9H,2,5-8,10,15H2,1H3. The van der Waals surface area contributed by atoms with E-state index < -0.39 is 0 Å². The lowest BCUT2D eigenvalue weighted by atomic mass is 10.3. The van der Waals surface area contributed by atoms with Crippen molar-refractivity contribution >= 4 is 5.91 Å². The summed E-state index contributed by atoms with van der Waals surface area (Å²) in [6.45, 7) is 1.85. The van der Waals surface area contributed by atoms with Crippen LogP contribution in [0.3, 0.4) is 0 Å². The molecule has 0 saturated carbocycles. The zero-order valence-corrected chi connectivity index (χ0v) is 11.6. The minimum atomic E-state index is 0.0548. The molecule has 0 bridgehead atoms. The van der Waals surface area contributed by atoms with Gasteiger partial charge in [-0.1, -0.05) is 0 Å². The van der Waals surface area contributed by atoms with E-state index in [-0.39, 0.29) is 12.7 Å². The number of ether oxygens (including phenoxy) is 3. The Balaban J connectivity index is 1.74. The molecule has 0 unspecified atom stereocenters. The molecule has 1 heterocycles. The molecule has 6 nitrogen and oxygen atoms in total. The minimum absolute atomic E-state index is 0.0548. The first-order chi connectivity index (χ1) is 9.70. The molecule has 1 aromatic rings. The number of hydrogen-bond acceptors (Lipinski definition) is 5. The third kappa shape index (κ3) is 3.77. The molecule has 110 valence electrons. The van der Waals surface area contributed by atoms with Gasteiger partial charge in [0.15, 0.2) is 11.5 Å². The smallest absolute Gasteiger partial charge is 0.231 e. The van der Waals surface area contributed by atoms with Gasteiger partial charge in [-0.05, 0) is 25.1 Å². The van der Waals surface area contributed by atoms with E-state index in [1.54, 1.807) is 30.1 Å². The summed E-state index contributed by atoms with van der Waals surface area (Å²) in [7, 11) is 1.78. The zero-order valence-electron chi connectivity index (χ0n) is 11.6. The Morgan fingerprint density at radius 1 is 1.40 bits per heavy atom. The van der Waals surface area contributed by atoms with Crippen molar-refractivity contribution in [3.05, 3.63) is 18.2 Å². The normalized spacial score (nSPS) is 12.3. The number of nitrogens with zero attached hydrogens (tertiary/aromatic N) is 1. The van der Waals surface area contributed by atoms with E-state index in [9.17, 15) is 4.79 Å². The second-order valence-electron chi connectivity index (χ2n) is 4.57. The summed E-state index contributed by atoms with van der Waals surface area (Å²) in [4.78, 5) is 13.5. The number of amides is 1. The lowest BCUT2D eigenvalue weighted by Crippen LogP contribution is -2.29. The maximum Gasteiger partial charge on any atom is 0.231 e. The van der Waals surface area contributed by atoms with Crippen molar-refractivity contribution in [1.29, 1.82) is 0 Å². The SMILES string of the molecule is CN(CCCN)C(=O)CCOc1ccc2c(c1)OCO2. The first kappa shape index (κ1) is 14.5. The maximum atomic E-state index is 11.8. The largest absolute Gasteiger partial charge is 0.493 e. The molecule has 0 spiro atoms. The zero-order chi connectivity index (χ0) is 14.4. The quantitative estimate of drug-likeness (QED) is 0.806. The average molecular weight is 280 g/mol. The van der Waals surface area contributed by atoms with Crippen LogP contribution in [-0.4, -0.2) is 44.3 Å². The highest BCUT2D eigenvalue weighted by atomic mass is 16.7. The van der Waals surface area contributed by atoms with Gasteiger partial charge in [-0.3, -0.25) is 4.79 Å². The van der Waals surface area contributed by atoms with E-state index in [0.29, 0.717) is 37.6 Å². The fourth-order valence-electron chi connectivity index (χ4n) is 1.87. The Kier molecular flexibility index (Phi) is 5.06. The molecule has 0 radical (unpaired) electrons. The summed E-state index contributed by atoms with van der Waals surface area (Å²) in [6.07, 6.45) is 1.15. The molecule has 6 heteroatoms. The number of nitrogens with two attached hydrogens (primary N) is 1. The molecule has 0 aliphatic carbocycles. The van der Waals surface area contributed by atoms with Gasteiger partial charge in [-0.25, -0.2) is 0 Å². The van der Waals surface area contributed by atoms with Crippen LogP contribution < -0.4 is 19.9 Å². The van der Waals surface area contributed by atoms with Gasteiger partial charge in [0.25, 0.3) is 0 Å². The summed E-state index contributed by atoms with van der Waals surface area (Å²) in [5.41, 5.74) is 5.41. The molecule has 1 aromatic carbocycles. The summed E-state index contributed by atoms with van der Waals surface area (Å²) in [6, 6.07) is 5.37. The van der Waals surface area contributed by atoms with Gasteiger partial charge in [0.2, 0.25) is 12.7 Å². The van der Waals surface area contributed by atoms with Crippen LogP contribution >= 0.6 is 0 Å². The van der Waals surface area contributed by atoms with Crippen molar-refractivity contribution in [3.8, 4) is 17.2 Å². The molecule has 0 aromatic heterocycles. The third-order valence-electron chi connectivity index (χ3n) is 3.05. The first-order valence-corrected chi connectivity index (χ1v) is 6.67. The van der Waals surface area contributed by atoms with Crippen molar-refractivity contribution in [3.63, 3.8) is 0 Å². The summed E-state index contributed by atoms with van der Waals surface area (Å²) >= 11 is 0. The molecule has 0 atom stereocenters. The molecule has 20 heavy (non-hydrogen) atoms. The van der Waals surface area contributed by atoms with Crippen LogP contribution in [0.2, 0.25) is 0 Å². The molecule has 2 N–H and O–H groups in total. The molecule has 1 amide bonds. The van der Waals surface area contributed by atoms with E-state index in [0.717, 1.165) is 12.2 Å². The van der Waals surface area contributed by atoms with Gasteiger partial charge in [-0.2, -0.15) is 0 Å². The Morgan fingerprint density at radius 3 is 3.00 bits per heavy atom. The highest BCUT2D eigenvalue weighted by Gasteiger charge is 2.14. The van der Waals surface area contributed by atoms with Crippen molar-refractivity contribution in [2.45, 2.75) is 12.8 Å². The second kappa shape index (κ2) is 7.00. The number of hydrogen-bond donors (Lipinski definition) is 1. The summed E-state index contributed by atoms with van der Waals surface area (Å²) in [5.74, 6) is 2.12. The van der Waals surface area contributed by atoms with Gasteiger partial charge in [0, 0.05) is 19.7 Å². The van der Waals surface area contributed by atoms with E-state index in [1.165, 1.54) is 0 Å². The Morgan fingerprint density at radius 2 is 2.20 bits per heavy atom. The molecule has 0 saturated heterocycles.